The molecule has 0 aromatic heterocycles. The molecule has 0 aromatic carbocycles. The van der Waals surface area contributed by atoms with E-state index in [2.05, 4.69) is 16.0 Å². The number of aliphatic carboxylic acids is 1. The number of carbonyl (C=O) groups excluding carboxylic acids is 4. The molecule has 0 rings (SSSR count). The van der Waals surface area contributed by atoms with Crippen molar-refractivity contribution in [1.29, 1.82) is 0 Å². The first-order chi connectivity index (χ1) is 12.9. The molecule has 0 saturated carbocycles. The van der Waals surface area contributed by atoms with Crippen molar-refractivity contribution >= 4 is 29.6 Å². The van der Waals surface area contributed by atoms with E-state index in [-0.39, 0.29) is 18.8 Å². The topological polar surface area (TPSA) is 194 Å². The van der Waals surface area contributed by atoms with Gasteiger partial charge in [-0.15, -0.1) is 0 Å². The molecule has 0 aliphatic carbocycles. The molecular formula is C17H31N5O6. The van der Waals surface area contributed by atoms with Crippen molar-refractivity contribution in [3.63, 3.8) is 0 Å². The molecule has 0 fully saturated rings. The maximum absolute atomic E-state index is 12.4. The number of carboxylic acids is 1. The number of nitrogens with one attached hydrogen (secondary N) is 3. The van der Waals surface area contributed by atoms with Crippen LogP contribution < -0.4 is 27.4 Å². The molecule has 0 aliphatic heterocycles. The third-order valence-corrected chi connectivity index (χ3v) is 4.31. The Kier molecular flexibility index (Phi) is 10.8. The van der Waals surface area contributed by atoms with Gasteiger partial charge >= 0.3 is 5.97 Å². The van der Waals surface area contributed by atoms with Crippen LogP contribution in [0.25, 0.3) is 0 Å². The molecule has 0 bridgehead atoms. The Balaban J connectivity index is 4.92. The number of rotatable bonds is 12. The van der Waals surface area contributed by atoms with Crippen molar-refractivity contribution in [2.75, 3.05) is 0 Å². The summed E-state index contributed by atoms with van der Waals surface area (Å²) in [6, 6.07) is -4.09. The quantitative estimate of drug-likeness (QED) is 0.222. The van der Waals surface area contributed by atoms with Gasteiger partial charge < -0.3 is 32.5 Å². The Bertz CT molecular complexity index is 597. The summed E-state index contributed by atoms with van der Waals surface area (Å²) in [6.45, 7) is 6.28. The van der Waals surface area contributed by atoms with Crippen LogP contribution >= 0.6 is 0 Å². The Morgan fingerprint density at radius 1 is 0.893 bits per heavy atom. The third-order valence-electron chi connectivity index (χ3n) is 4.31. The highest BCUT2D eigenvalue weighted by molar-refractivity contribution is 5.94. The van der Waals surface area contributed by atoms with Crippen LogP contribution in [0.5, 0.6) is 0 Å². The molecule has 0 spiro atoms. The fraction of sp³-hybridized carbons (Fsp3) is 0.706. The SMILES string of the molecule is CCC(C)C(NC(=O)C(C)NC(=O)C(N)CCC(N)=O)C(=O)NC(C)C(=O)O. The Labute approximate surface area is 164 Å². The molecule has 0 heterocycles. The molecule has 8 N–H and O–H groups in total. The van der Waals surface area contributed by atoms with Crippen LogP contribution in [0.2, 0.25) is 0 Å². The van der Waals surface area contributed by atoms with Crippen LogP contribution in [-0.2, 0) is 24.0 Å². The molecule has 28 heavy (non-hydrogen) atoms. The standard InChI is InChI=1S/C17H31N5O6/c1-5-8(2)13(16(26)21-10(4)17(27)28)22-14(24)9(3)20-15(25)11(18)6-7-12(19)23/h8-11,13H,5-7,18H2,1-4H3,(H2,19,23)(H,20,25)(H,21,26)(H,22,24)(H,27,28). The van der Waals surface area contributed by atoms with Crippen LogP contribution in [0, 0.1) is 5.92 Å². The van der Waals surface area contributed by atoms with Gasteiger partial charge in [-0.3, -0.25) is 24.0 Å². The summed E-state index contributed by atoms with van der Waals surface area (Å²) in [5.41, 5.74) is 10.6. The fourth-order valence-electron chi connectivity index (χ4n) is 2.16. The maximum atomic E-state index is 12.4. The van der Waals surface area contributed by atoms with Gasteiger partial charge in [-0.25, -0.2) is 0 Å². The number of nitrogens with two attached hydrogens (primary N) is 2. The molecule has 5 atom stereocenters. The van der Waals surface area contributed by atoms with Crippen molar-refractivity contribution < 1.29 is 29.1 Å². The molecule has 0 radical (unpaired) electrons. The van der Waals surface area contributed by atoms with Gasteiger partial charge in [0, 0.05) is 6.42 Å². The van der Waals surface area contributed by atoms with Crippen LogP contribution in [-0.4, -0.2) is 58.9 Å². The monoisotopic (exact) mass is 401 g/mol. The van der Waals surface area contributed by atoms with Gasteiger partial charge in [-0.1, -0.05) is 20.3 Å². The molecule has 0 saturated heterocycles. The summed E-state index contributed by atoms with van der Waals surface area (Å²) in [5.74, 6) is -3.95. The average Bonchev–Trinajstić information content (AvgIpc) is 2.62. The Morgan fingerprint density at radius 2 is 1.43 bits per heavy atom. The first-order valence-electron chi connectivity index (χ1n) is 9.08. The minimum Gasteiger partial charge on any atom is -0.480 e. The highest BCUT2D eigenvalue weighted by Crippen LogP contribution is 2.09. The highest BCUT2D eigenvalue weighted by atomic mass is 16.4. The van der Waals surface area contributed by atoms with Crippen molar-refractivity contribution in [2.45, 2.75) is 71.1 Å². The third kappa shape index (κ3) is 8.80. The maximum Gasteiger partial charge on any atom is 0.325 e. The van der Waals surface area contributed by atoms with E-state index in [1.807, 2.05) is 6.92 Å². The molecule has 0 aliphatic rings. The van der Waals surface area contributed by atoms with Gasteiger partial charge in [0.2, 0.25) is 23.6 Å². The van der Waals surface area contributed by atoms with E-state index in [4.69, 9.17) is 16.6 Å². The lowest BCUT2D eigenvalue weighted by Crippen LogP contribution is -2.57. The highest BCUT2D eigenvalue weighted by Gasteiger charge is 2.30. The van der Waals surface area contributed by atoms with Gasteiger partial charge in [-0.2, -0.15) is 0 Å². The predicted octanol–water partition coefficient (Wildman–Crippen LogP) is -1.80. The number of amides is 4. The zero-order valence-corrected chi connectivity index (χ0v) is 16.7. The molecule has 0 aromatic rings. The van der Waals surface area contributed by atoms with E-state index in [0.717, 1.165) is 0 Å². The summed E-state index contributed by atoms with van der Waals surface area (Å²) in [6.07, 6.45) is 0.534. The van der Waals surface area contributed by atoms with Crippen molar-refractivity contribution in [1.82, 2.24) is 16.0 Å². The molecular weight excluding hydrogens is 370 g/mol. The number of carbonyl (C=O) groups is 5. The molecule has 11 nitrogen and oxygen atoms in total. The summed E-state index contributed by atoms with van der Waals surface area (Å²) in [5, 5.41) is 16.2. The lowest BCUT2D eigenvalue weighted by molar-refractivity contribution is -0.142. The Morgan fingerprint density at radius 3 is 1.89 bits per heavy atom. The van der Waals surface area contributed by atoms with Crippen LogP contribution in [0.1, 0.15) is 47.0 Å². The number of primary amides is 1. The van der Waals surface area contributed by atoms with Crippen molar-refractivity contribution in [3.8, 4) is 0 Å². The summed E-state index contributed by atoms with van der Waals surface area (Å²) in [4.78, 5) is 58.4. The van der Waals surface area contributed by atoms with Gasteiger partial charge in [0.1, 0.15) is 18.1 Å². The van der Waals surface area contributed by atoms with Crippen LogP contribution in [0.4, 0.5) is 0 Å². The van der Waals surface area contributed by atoms with Crippen LogP contribution in [0.3, 0.4) is 0 Å². The lowest BCUT2D eigenvalue weighted by atomic mass is 9.97. The zero-order valence-electron chi connectivity index (χ0n) is 16.7. The second-order valence-corrected chi connectivity index (χ2v) is 6.78. The lowest BCUT2D eigenvalue weighted by Gasteiger charge is -2.26. The van der Waals surface area contributed by atoms with E-state index < -0.39 is 53.8 Å². The predicted molar refractivity (Wildman–Crippen MR) is 101 cm³/mol. The molecule has 11 heteroatoms. The van der Waals surface area contributed by atoms with E-state index in [1.54, 1.807) is 6.92 Å². The van der Waals surface area contributed by atoms with E-state index >= 15 is 0 Å². The first kappa shape index (κ1) is 25.3. The van der Waals surface area contributed by atoms with Gasteiger partial charge in [0.25, 0.3) is 0 Å². The number of hydrogen-bond acceptors (Lipinski definition) is 6. The molecule has 160 valence electrons. The van der Waals surface area contributed by atoms with E-state index in [9.17, 15) is 24.0 Å². The number of carboxylic acid groups (broad SMARTS) is 1. The largest absolute Gasteiger partial charge is 0.480 e. The number of hydrogen-bond donors (Lipinski definition) is 6. The van der Waals surface area contributed by atoms with E-state index in [1.165, 1.54) is 13.8 Å². The summed E-state index contributed by atoms with van der Waals surface area (Å²) >= 11 is 0. The van der Waals surface area contributed by atoms with Gasteiger partial charge in [-0.05, 0) is 26.2 Å². The molecule has 4 amide bonds. The average molecular weight is 401 g/mol. The molecule has 5 unspecified atom stereocenters. The van der Waals surface area contributed by atoms with Gasteiger partial charge in [0.05, 0.1) is 6.04 Å². The second kappa shape index (κ2) is 11.9. The second-order valence-electron chi connectivity index (χ2n) is 6.78. The summed E-state index contributed by atoms with van der Waals surface area (Å²) < 4.78 is 0. The normalized spacial score (nSPS) is 16.0. The first-order valence-corrected chi connectivity index (χ1v) is 9.08. The summed E-state index contributed by atoms with van der Waals surface area (Å²) in [7, 11) is 0. The van der Waals surface area contributed by atoms with Crippen molar-refractivity contribution in [3.05, 3.63) is 0 Å². The smallest absolute Gasteiger partial charge is 0.325 e. The minimum atomic E-state index is -1.20. The Hall–Kier alpha value is -2.69. The van der Waals surface area contributed by atoms with E-state index in [0.29, 0.717) is 6.42 Å². The fourth-order valence-corrected chi connectivity index (χ4v) is 2.16. The minimum absolute atomic E-state index is 0.0421. The van der Waals surface area contributed by atoms with Crippen molar-refractivity contribution in [2.24, 2.45) is 17.4 Å². The van der Waals surface area contributed by atoms with Gasteiger partial charge in [0.15, 0.2) is 0 Å². The van der Waals surface area contributed by atoms with Crippen LogP contribution in [0.15, 0.2) is 0 Å². The zero-order chi connectivity index (χ0) is 22.0.